The summed E-state index contributed by atoms with van der Waals surface area (Å²) < 4.78 is 0. The average Bonchev–Trinajstić information content (AvgIpc) is 1.59. The number of carboxylic acids is 1. The molecule has 2 heterocycles. The summed E-state index contributed by atoms with van der Waals surface area (Å²) in [6.45, 7) is 3.00. The number of aliphatic hydroxyl groups is 2. The number of likely N-dealkylation sites (tertiary alicyclic amines) is 1. The fourth-order valence-electron chi connectivity index (χ4n) is 9.76. The SMILES string of the molecule is CCCCCCCC(=O)NCC(NC(=O)[C@H](CO)NC(=O)CNC(=O)[C@H](C)NC(=O)[C@H](CCSC)NC(=O)CN)C(=O)N[C@@H](Cc1ccccc1)C(=O)N[C@@H](CC(C)C)C(=O)N[C@@H](CO)C(=O)N1CCC[C@H]1C(=O)N[C@@H](CCC(=O)O)C(=O)N[C@@H](Cc1cnc[nH]1)C(N)=O. The first-order valence-corrected chi connectivity index (χ1v) is 32.6. The van der Waals surface area contributed by atoms with Crippen LogP contribution in [-0.2, 0) is 80.0 Å². The molecule has 10 atom stereocenters. The van der Waals surface area contributed by atoms with Gasteiger partial charge in [-0.05, 0) is 68.9 Å². The number of thioether (sulfide) groups is 1. The molecule has 1 saturated heterocycles. The molecule has 13 amide bonds. The molecule has 34 heteroatoms. The number of carbonyl (C=O) groups excluding carboxylic acids is 13. The number of hydrogen-bond donors (Lipinski definition) is 17. The number of H-pyrrole nitrogens is 1. The minimum atomic E-state index is -1.76. The Morgan fingerprint density at radius 3 is 1.84 bits per heavy atom. The van der Waals surface area contributed by atoms with Gasteiger partial charge in [0, 0.05) is 50.7 Å². The van der Waals surface area contributed by atoms with Gasteiger partial charge < -0.3 is 95.2 Å². The molecular weight excluding hydrogens is 1250 g/mol. The van der Waals surface area contributed by atoms with Crippen molar-refractivity contribution < 1.29 is 82.4 Å². The van der Waals surface area contributed by atoms with Crippen molar-refractivity contribution in [1.82, 2.24) is 73.4 Å². The van der Waals surface area contributed by atoms with Crippen LogP contribution in [0.4, 0.5) is 0 Å². The number of aliphatic hydroxyl groups excluding tert-OH is 2. The van der Waals surface area contributed by atoms with Gasteiger partial charge in [0.2, 0.25) is 76.8 Å². The first kappa shape index (κ1) is 79.5. The second-order valence-corrected chi connectivity index (χ2v) is 24.0. The second kappa shape index (κ2) is 42.5. The molecule has 1 aliphatic heterocycles. The first-order valence-electron chi connectivity index (χ1n) is 31.2. The van der Waals surface area contributed by atoms with Crippen molar-refractivity contribution in [3.05, 3.63) is 54.1 Å². The van der Waals surface area contributed by atoms with Gasteiger partial charge in [-0.25, -0.2) is 4.98 Å². The number of hydrogen-bond acceptors (Lipinski definition) is 19. The fraction of sp³-hybridized carbons (Fsp3) is 0.617. The van der Waals surface area contributed by atoms with Crippen LogP contribution in [0.25, 0.3) is 0 Å². The van der Waals surface area contributed by atoms with E-state index in [4.69, 9.17) is 11.5 Å². The molecule has 1 aromatic carbocycles. The zero-order valence-corrected chi connectivity index (χ0v) is 54.6. The minimum absolute atomic E-state index is 0.0439. The topological polar surface area (TPSA) is 516 Å². The van der Waals surface area contributed by atoms with E-state index < -0.39 is 182 Å². The number of aromatic amines is 1. The highest BCUT2D eigenvalue weighted by molar-refractivity contribution is 7.98. The van der Waals surface area contributed by atoms with Gasteiger partial charge in [0.05, 0.1) is 32.6 Å². The number of nitrogens with two attached hydrogens (primary N) is 2. The number of aromatic nitrogens is 2. The Bertz CT molecular complexity index is 2850. The van der Waals surface area contributed by atoms with Crippen LogP contribution in [0.3, 0.4) is 0 Å². The summed E-state index contributed by atoms with van der Waals surface area (Å²) in [5.41, 5.74) is 11.9. The summed E-state index contributed by atoms with van der Waals surface area (Å²) >= 11 is 1.42. The van der Waals surface area contributed by atoms with Gasteiger partial charge in [-0.2, -0.15) is 11.8 Å². The molecule has 0 aliphatic carbocycles. The maximum absolute atomic E-state index is 14.6. The molecule has 1 aliphatic rings. The Hall–Kier alpha value is -8.76. The van der Waals surface area contributed by atoms with Crippen LogP contribution in [0, 0.1) is 5.92 Å². The number of unbranched alkanes of at least 4 members (excludes halogenated alkanes) is 4. The highest BCUT2D eigenvalue weighted by Gasteiger charge is 2.41. The zero-order valence-electron chi connectivity index (χ0n) is 53.8. The highest BCUT2D eigenvalue weighted by Crippen LogP contribution is 2.20. The van der Waals surface area contributed by atoms with Gasteiger partial charge in [0.1, 0.15) is 60.4 Å². The zero-order chi connectivity index (χ0) is 69.9. The lowest BCUT2D eigenvalue weighted by molar-refractivity contribution is -0.143. The normalized spacial score (nSPS) is 15.5. The van der Waals surface area contributed by atoms with Crippen molar-refractivity contribution in [2.24, 2.45) is 17.4 Å². The Kier molecular flexibility index (Phi) is 35.9. The van der Waals surface area contributed by atoms with E-state index in [-0.39, 0.29) is 64.0 Å². The Morgan fingerprint density at radius 1 is 0.638 bits per heavy atom. The van der Waals surface area contributed by atoms with Gasteiger partial charge in [0.15, 0.2) is 0 Å². The molecule has 522 valence electrons. The van der Waals surface area contributed by atoms with E-state index in [0.29, 0.717) is 23.4 Å². The van der Waals surface area contributed by atoms with E-state index in [0.717, 1.165) is 30.6 Å². The maximum atomic E-state index is 14.6. The van der Waals surface area contributed by atoms with Crippen LogP contribution in [-0.4, -0.2) is 225 Å². The van der Waals surface area contributed by atoms with Gasteiger partial charge in [-0.3, -0.25) is 67.1 Å². The van der Waals surface area contributed by atoms with E-state index >= 15 is 0 Å². The van der Waals surface area contributed by atoms with Crippen molar-refractivity contribution in [2.75, 3.05) is 51.4 Å². The lowest BCUT2D eigenvalue weighted by Gasteiger charge is -2.30. The number of amides is 13. The number of rotatable bonds is 44. The molecule has 1 fully saturated rings. The molecular formula is C60H94N16O17S. The van der Waals surface area contributed by atoms with E-state index in [1.807, 2.05) is 6.92 Å². The molecule has 94 heavy (non-hydrogen) atoms. The van der Waals surface area contributed by atoms with Crippen molar-refractivity contribution in [3.63, 3.8) is 0 Å². The Balaban J connectivity index is 1.85. The summed E-state index contributed by atoms with van der Waals surface area (Å²) in [6, 6.07) is -6.22. The molecule has 1 unspecified atom stereocenters. The predicted molar refractivity (Wildman–Crippen MR) is 341 cm³/mol. The molecule has 0 saturated carbocycles. The van der Waals surface area contributed by atoms with Gasteiger partial charge >= 0.3 is 5.97 Å². The molecule has 3 rings (SSSR count). The van der Waals surface area contributed by atoms with E-state index in [1.54, 1.807) is 50.4 Å². The van der Waals surface area contributed by atoms with E-state index in [1.165, 1.54) is 31.2 Å². The molecule has 0 spiro atoms. The van der Waals surface area contributed by atoms with Gasteiger partial charge in [-0.15, -0.1) is 0 Å². The summed E-state index contributed by atoms with van der Waals surface area (Å²) in [4.78, 5) is 195. The van der Waals surface area contributed by atoms with Crippen molar-refractivity contribution in [1.29, 1.82) is 0 Å². The summed E-state index contributed by atoms with van der Waals surface area (Å²) in [5, 5.41) is 57.6. The lowest BCUT2D eigenvalue weighted by Crippen LogP contribution is -2.62. The minimum Gasteiger partial charge on any atom is -0.481 e. The fourth-order valence-corrected chi connectivity index (χ4v) is 10.2. The number of primary amides is 1. The van der Waals surface area contributed by atoms with Crippen LogP contribution >= 0.6 is 11.8 Å². The molecule has 19 N–H and O–H groups in total. The lowest BCUT2D eigenvalue weighted by atomic mass is 10.0. The smallest absolute Gasteiger partial charge is 0.303 e. The highest BCUT2D eigenvalue weighted by atomic mass is 32.2. The number of carboxylic acid groups (broad SMARTS) is 1. The summed E-state index contributed by atoms with van der Waals surface area (Å²) in [5.74, 6) is -12.5. The summed E-state index contributed by atoms with van der Waals surface area (Å²) in [7, 11) is 0. The monoisotopic (exact) mass is 1340 g/mol. The molecule has 1 aromatic heterocycles. The third-order valence-electron chi connectivity index (χ3n) is 14.9. The third kappa shape index (κ3) is 28.6. The van der Waals surface area contributed by atoms with Crippen LogP contribution in [0.1, 0.15) is 116 Å². The third-order valence-corrected chi connectivity index (χ3v) is 15.6. The van der Waals surface area contributed by atoms with Crippen LogP contribution in [0.15, 0.2) is 42.9 Å². The van der Waals surface area contributed by atoms with E-state index in [9.17, 15) is 82.4 Å². The largest absolute Gasteiger partial charge is 0.481 e. The summed E-state index contributed by atoms with van der Waals surface area (Å²) in [6.07, 6.45) is 7.69. The number of nitrogens with one attached hydrogen (secondary N) is 12. The Labute approximate surface area is 549 Å². The maximum Gasteiger partial charge on any atom is 0.303 e. The molecule has 33 nitrogen and oxygen atoms in total. The van der Waals surface area contributed by atoms with Crippen molar-refractivity contribution in [2.45, 2.75) is 178 Å². The molecule has 0 bridgehead atoms. The van der Waals surface area contributed by atoms with E-state index in [2.05, 4.69) is 68.5 Å². The first-order chi connectivity index (χ1) is 44.7. The van der Waals surface area contributed by atoms with Crippen LogP contribution in [0.5, 0.6) is 0 Å². The predicted octanol–water partition coefficient (Wildman–Crippen LogP) is -4.75. The second-order valence-electron chi connectivity index (χ2n) is 23.0. The van der Waals surface area contributed by atoms with Crippen LogP contribution in [0.2, 0.25) is 0 Å². The standard InChI is InChI=1S/C60H94N16O17S/c1-6-7-8-9-13-18-47(79)64-29-43(74-58(91)44(31-77)69-49(81)30-65-52(85)35(4)67-53(86)39(21-23-94-5)68-48(80)27-61)57(90)73-42(25-36-15-11-10-12-16-36)56(89)72-41(24-34(2)3)55(88)75-45(32-78)60(93)76-22-14-17-46(76)59(92)70-38(19-20-50(82)83)54(87)71-40(51(62)84)26-37-28-63-33-66-37/h10-12,15-16,28,33-35,38-46,77-78H,6-9,13-14,17-27,29-32,61H2,1-5H3,(H2,62,84)(H,63,66)(H,64,79)(H,65,85)(H,67,86)(H,68,80)(H,69,81)(H,70,92)(H,71,87)(H,72,89)(H,73,90)(H,74,91)(H,75,88)(H,82,83)/t35-,38-,39-,40-,41-,42-,43?,44-,45-,46-/m0/s1. The number of carbonyl (C=O) groups is 14. The van der Waals surface area contributed by atoms with Crippen molar-refractivity contribution in [3.8, 4) is 0 Å². The number of nitrogens with zero attached hydrogens (tertiary/aromatic N) is 2. The van der Waals surface area contributed by atoms with Gasteiger partial charge in [-0.1, -0.05) is 76.8 Å². The number of benzene rings is 1. The number of aliphatic carboxylic acids is 1. The van der Waals surface area contributed by atoms with Crippen LogP contribution < -0.4 is 70.0 Å². The molecule has 0 radical (unpaired) electrons. The van der Waals surface area contributed by atoms with Gasteiger partial charge in [0.25, 0.3) is 0 Å². The Morgan fingerprint density at radius 2 is 1.22 bits per heavy atom. The quantitative estimate of drug-likeness (QED) is 0.0277. The van der Waals surface area contributed by atoms with Crippen molar-refractivity contribution >= 4 is 94.5 Å². The molecule has 2 aromatic rings. The number of imidazole rings is 1. The average molecular weight is 1340 g/mol.